The molecule has 2 amide bonds. The van der Waals surface area contributed by atoms with Crippen molar-refractivity contribution in [2.24, 2.45) is 11.8 Å². The van der Waals surface area contributed by atoms with Crippen LogP contribution < -0.4 is 5.32 Å². The summed E-state index contributed by atoms with van der Waals surface area (Å²) in [7, 11) is 0. The maximum absolute atomic E-state index is 13.2. The SMILES string of the molecule is CC(C)CCNC(=O)C1CN(C(=O)c2ccccc2)CC1c1cccc(C(F)(F)F)c1. The topological polar surface area (TPSA) is 49.4 Å². The number of hydrogen-bond acceptors (Lipinski definition) is 2. The van der Waals surface area contributed by atoms with Crippen molar-refractivity contribution in [3.05, 3.63) is 71.3 Å². The average Bonchev–Trinajstić information content (AvgIpc) is 3.18. The van der Waals surface area contributed by atoms with Crippen LogP contribution in [0.2, 0.25) is 0 Å². The van der Waals surface area contributed by atoms with E-state index in [2.05, 4.69) is 5.32 Å². The van der Waals surface area contributed by atoms with Gasteiger partial charge in [0, 0.05) is 31.1 Å². The van der Waals surface area contributed by atoms with E-state index in [-0.39, 0.29) is 24.9 Å². The molecule has 31 heavy (non-hydrogen) atoms. The first-order chi connectivity index (χ1) is 14.7. The number of alkyl halides is 3. The second kappa shape index (κ2) is 9.54. The highest BCUT2D eigenvalue weighted by molar-refractivity contribution is 5.95. The number of hydrogen-bond donors (Lipinski definition) is 1. The monoisotopic (exact) mass is 432 g/mol. The number of carbonyl (C=O) groups is 2. The number of nitrogens with one attached hydrogen (secondary N) is 1. The normalized spacial score (nSPS) is 19.0. The van der Waals surface area contributed by atoms with Gasteiger partial charge in [0.25, 0.3) is 5.91 Å². The van der Waals surface area contributed by atoms with Crippen LogP contribution >= 0.6 is 0 Å². The van der Waals surface area contributed by atoms with E-state index in [9.17, 15) is 22.8 Å². The third kappa shape index (κ3) is 5.66. The molecule has 7 heteroatoms. The average molecular weight is 432 g/mol. The fraction of sp³-hybridized carbons (Fsp3) is 0.417. The van der Waals surface area contributed by atoms with Crippen LogP contribution in [0.1, 0.15) is 47.7 Å². The number of rotatable bonds is 6. The van der Waals surface area contributed by atoms with Crippen LogP contribution in [0, 0.1) is 11.8 Å². The summed E-state index contributed by atoms with van der Waals surface area (Å²) in [5.41, 5.74) is 0.158. The maximum Gasteiger partial charge on any atom is 0.416 e. The molecule has 0 aromatic heterocycles. The van der Waals surface area contributed by atoms with Crippen molar-refractivity contribution in [2.45, 2.75) is 32.4 Å². The van der Waals surface area contributed by atoms with E-state index in [0.717, 1.165) is 18.6 Å². The summed E-state index contributed by atoms with van der Waals surface area (Å²) in [5.74, 6) is -1.15. The first-order valence-electron chi connectivity index (χ1n) is 10.5. The van der Waals surface area contributed by atoms with Gasteiger partial charge >= 0.3 is 6.18 Å². The number of carbonyl (C=O) groups excluding carboxylic acids is 2. The molecule has 0 aliphatic carbocycles. The summed E-state index contributed by atoms with van der Waals surface area (Å²) in [4.78, 5) is 27.4. The molecule has 166 valence electrons. The van der Waals surface area contributed by atoms with Gasteiger partial charge in [-0.15, -0.1) is 0 Å². The van der Waals surface area contributed by atoms with E-state index in [4.69, 9.17) is 0 Å². The highest BCUT2D eigenvalue weighted by atomic mass is 19.4. The second-order valence-corrected chi connectivity index (χ2v) is 8.39. The molecule has 2 unspecified atom stereocenters. The van der Waals surface area contributed by atoms with Gasteiger partial charge in [-0.2, -0.15) is 13.2 Å². The molecule has 1 heterocycles. The minimum atomic E-state index is -4.47. The molecule has 0 saturated carbocycles. The number of likely N-dealkylation sites (tertiary alicyclic amines) is 1. The Morgan fingerprint density at radius 3 is 2.42 bits per heavy atom. The Labute approximate surface area is 180 Å². The van der Waals surface area contributed by atoms with Crippen molar-refractivity contribution < 1.29 is 22.8 Å². The number of halogens is 3. The minimum Gasteiger partial charge on any atom is -0.356 e. The quantitative estimate of drug-likeness (QED) is 0.718. The molecule has 0 spiro atoms. The number of nitrogens with zero attached hydrogens (tertiary/aromatic N) is 1. The highest BCUT2D eigenvalue weighted by Gasteiger charge is 2.41. The second-order valence-electron chi connectivity index (χ2n) is 8.39. The molecule has 2 atom stereocenters. The van der Waals surface area contributed by atoms with E-state index in [1.165, 1.54) is 6.07 Å². The molecule has 2 aromatic carbocycles. The Morgan fingerprint density at radius 2 is 1.77 bits per heavy atom. The summed E-state index contributed by atoms with van der Waals surface area (Å²) in [6.45, 7) is 4.95. The van der Waals surface area contributed by atoms with Crippen molar-refractivity contribution >= 4 is 11.8 Å². The van der Waals surface area contributed by atoms with Gasteiger partial charge in [-0.3, -0.25) is 9.59 Å². The Kier molecular flexibility index (Phi) is 7.03. The van der Waals surface area contributed by atoms with Gasteiger partial charge in [-0.25, -0.2) is 0 Å². The summed E-state index contributed by atoms with van der Waals surface area (Å²) < 4.78 is 39.7. The van der Waals surface area contributed by atoms with Gasteiger partial charge < -0.3 is 10.2 Å². The Balaban J connectivity index is 1.86. The zero-order chi connectivity index (χ0) is 22.6. The van der Waals surface area contributed by atoms with Crippen LogP contribution in [-0.4, -0.2) is 36.3 Å². The van der Waals surface area contributed by atoms with Gasteiger partial charge in [-0.05, 0) is 36.1 Å². The summed E-state index contributed by atoms with van der Waals surface area (Å²) in [6.07, 6.45) is -3.66. The first kappa shape index (κ1) is 22.8. The number of benzene rings is 2. The van der Waals surface area contributed by atoms with Crippen LogP contribution in [0.15, 0.2) is 54.6 Å². The molecule has 1 aliphatic rings. The lowest BCUT2D eigenvalue weighted by Gasteiger charge is -2.19. The molecule has 3 rings (SSSR count). The summed E-state index contributed by atoms with van der Waals surface area (Å²) >= 11 is 0. The van der Waals surface area contributed by atoms with Crippen molar-refractivity contribution in [1.29, 1.82) is 0 Å². The summed E-state index contributed by atoms with van der Waals surface area (Å²) in [5, 5.41) is 2.90. The van der Waals surface area contributed by atoms with E-state index in [1.807, 2.05) is 13.8 Å². The van der Waals surface area contributed by atoms with Crippen LogP contribution in [0.5, 0.6) is 0 Å². The molecule has 0 radical (unpaired) electrons. The van der Waals surface area contributed by atoms with Crippen LogP contribution in [0.4, 0.5) is 13.2 Å². The standard InChI is InChI=1S/C24H27F3N2O2/c1-16(2)11-12-28-22(30)21-15-29(23(31)17-7-4-3-5-8-17)14-20(21)18-9-6-10-19(13-18)24(25,26)27/h3-10,13,16,20-21H,11-12,14-15H2,1-2H3,(H,28,30). The Hall–Kier alpha value is -2.83. The predicted octanol–water partition coefficient (Wildman–Crippen LogP) is 4.72. The van der Waals surface area contributed by atoms with Gasteiger partial charge in [0.1, 0.15) is 0 Å². The molecule has 4 nitrogen and oxygen atoms in total. The van der Waals surface area contributed by atoms with E-state index in [1.54, 1.807) is 41.3 Å². The summed E-state index contributed by atoms with van der Waals surface area (Å²) in [6, 6.07) is 13.8. The zero-order valence-corrected chi connectivity index (χ0v) is 17.7. The van der Waals surface area contributed by atoms with Crippen molar-refractivity contribution in [1.82, 2.24) is 10.2 Å². The van der Waals surface area contributed by atoms with E-state index < -0.39 is 23.6 Å². The van der Waals surface area contributed by atoms with Crippen LogP contribution in [0.25, 0.3) is 0 Å². The largest absolute Gasteiger partial charge is 0.416 e. The van der Waals surface area contributed by atoms with Crippen LogP contribution in [-0.2, 0) is 11.0 Å². The van der Waals surface area contributed by atoms with Crippen molar-refractivity contribution in [2.75, 3.05) is 19.6 Å². The minimum absolute atomic E-state index is 0.169. The smallest absolute Gasteiger partial charge is 0.356 e. The molecule has 2 aromatic rings. The van der Waals surface area contributed by atoms with E-state index >= 15 is 0 Å². The molecule has 1 saturated heterocycles. The highest BCUT2D eigenvalue weighted by Crippen LogP contribution is 2.37. The molecular formula is C24H27F3N2O2. The fourth-order valence-corrected chi connectivity index (χ4v) is 3.90. The maximum atomic E-state index is 13.2. The van der Waals surface area contributed by atoms with Crippen molar-refractivity contribution in [3.8, 4) is 0 Å². The predicted molar refractivity (Wildman–Crippen MR) is 112 cm³/mol. The van der Waals surface area contributed by atoms with Gasteiger partial charge in [-0.1, -0.05) is 50.2 Å². The zero-order valence-electron chi connectivity index (χ0n) is 17.7. The lowest BCUT2D eigenvalue weighted by molar-refractivity contribution is -0.137. The van der Waals surface area contributed by atoms with Crippen molar-refractivity contribution in [3.63, 3.8) is 0 Å². The Bertz CT molecular complexity index is 913. The first-order valence-corrected chi connectivity index (χ1v) is 10.5. The fourth-order valence-electron chi connectivity index (χ4n) is 3.90. The molecule has 1 aliphatic heterocycles. The van der Waals surface area contributed by atoms with Gasteiger partial charge in [0.05, 0.1) is 11.5 Å². The lowest BCUT2D eigenvalue weighted by Crippen LogP contribution is -2.36. The van der Waals surface area contributed by atoms with E-state index in [0.29, 0.717) is 23.6 Å². The molecule has 1 N–H and O–H groups in total. The third-order valence-corrected chi connectivity index (χ3v) is 5.63. The molecule has 1 fully saturated rings. The van der Waals surface area contributed by atoms with Gasteiger partial charge in [0.15, 0.2) is 0 Å². The van der Waals surface area contributed by atoms with Gasteiger partial charge in [0.2, 0.25) is 5.91 Å². The third-order valence-electron chi connectivity index (χ3n) is 5.63. The van der Waals surface area contributed by atoms with Crippen LogP contribution in [0.3, 0.4) is 0 Å². The lowest BCUT2D eigenvalue weighted by atomic mass is 9.87. The molecule has 0 bridgehead atoms. The molecular weight excluding hydrogens is 405 g/mol. The Morgan fingerprint density at radius 1 is 1.06 bits per heavy atom. The number of amides is 2.